The Morgan fingerprint density at radius 3 is 2.57 bits per heavy atom. The Balaban J connectivity index is 1.90. The Kier molecular flexibility index (Phi) is 5.61. The lowest BCUT2D eigenvalue weighted by atomic mass is 10.1. The molecule has 1 heterocycles. The van der Waals surface area contributed by atoms with E-state index in [0.717, 1.165) is 5.56 Å². The van der Waals surface area contributed by atoms with Gasteiger partial charge in [-0.05, 0) is 42.0 Å². The maximum atomic E-state index is 13.0. The van der Waals surface area contributed by atoms with Crippen LogP contribution in [0.2, 0.25) is 0 Å². The third kappa shape index (κ3) is 3.81. The first kappa shape index (κ1) is 19.0. The molecule has 2 aromatic rings. The summed E-state index contributed by atoms with van der Waals surface area (Å²) in [6, 6.07) is 14.0. The second-order valence-corrected chi connectivity index (χ2v) is 6.05. The highest BCUT2D eigenvalue weighted by Crippen LogP contribution is 2.31. The highest BCUT2D eigenvalue weighted by molar-refractivity contribution is 6.13. The first-order chi connectivity index (χ1) is 13.6. The lowest BCUT2D eigenvalue weighted by Gasteiger charge is -2.30. The second kappa shape index (κ2) is 8.27. The molecule has 1 aliphatic rings. The van der Waals surface area contributed by atoms with Gasteiger partial charge in [0, 0.05) is 13.1 Å². The van der Waals surface area contributed by atoms with E-state index in [1.54, 1.807) is 55.7 Å². The van der Waals surface area contributed by atoms with Crippen LogP contribution in [0.1, 0.15) is 15.9 Å². The quantitative estimate of drug-likeness (QED) is 0.500. The lowest BCUT2D eigenvalue weighted by molar-refractivity contribution is -0.114. The molecular weight excluding hydrogens is 358 g/mol. The van der Waals surface area contributed by atoms with Gasteiger partial charge < -0.3 is 19.7 Å². The second-order valence-electron chi connectivity index (χ2n) is 6.05. The molecule has 0 fully saturated rings. The number of nitriles is 1. The molecule has 0 unspecified atom stereocenters. The number of anilines is 2. The Morgan fingerprint density at radius 1 is 1.18 bits per heavy atom. The number of rotatable bonds is 4. The number of methoxy groups -OCH3 is 2. The first-order valence-corrected chi connectivity index (χ1v) is 8.61. The van der Waals surface area contributed by atoms with Crippen LogP contribution in [0.3, 0.4) is 0 Å². The van der Waals surface area contributed by atoms with Gasteiger partial charge in [-0.1, -0.05) is 12.1 Å². The zero-order valence-electron chi connectivity index (χ0n) is 15.6. The number of esters is 1. The molecule has 2 aromatic carbocycles. The minimum absolute atomic E-state index is 0.0232. The van der Waals surface area contributed by atoms with Crippen molar-refractivity contribution < 1.29 is 19.1 Å². The predicted octanol–water partition coefficient (Wildman–Crippen LogP) is 2.85. The lowest BCUT2D eigenvalue weighted by Crippen LogP contribution is -2.39. The summed E-state index contributed by atoms with van der Waals surface area (Å²) >= 11 is 0. The van der Waals surface area contributed by atoms with E-state index in [9.17, 15) is 14.9 Å². The largest absolute Gasteiger partial charge is 0.497 e. The number of hydrogen-bond acceptors (Lipinski definition) is 6. The highest BCUT2D eigenvalue weighted by Gasteiger charge is 2.26. The van der Waals surface area contributed by atoms with Crippen molar-refractivity contribution in [2.24, 2.45) is 0 Å². The monoisotopic (exact) mass is 377 g/mol. The van der Waals surface area contributed by atoms with E-state index < -0.39 is 11.9 Å². The van der Waals surface area contributed by atoms with Crippen molar-refractivity contribution in [1.29, 1.82) is 5.26 Å². The van der Waals surface area contributed by atoms with Gasteiger partial charge in [0.2, 0.25) is 0 Å². The average molecular weight is 377 g/mol. The number of amides is 1. The van der Waals surface area contributed by atoms with Crippen molar-refractivity contribution in [2.75, 3.05) is 37.5 Å². The Bertz CT molecular complexity index is 974. The van der Waals surface area contributed by atoms with Crippen molar-refractivity contribution in [3.8, 4) is 11.8 Å². The third-order valence-electron chi connectivity index (χ3n) is 4.38. The van der Waals surface area contributed by atoms with Crippen LogP contribution in [-0.2, 0) is 9.53 Å². The van der Waals surface area contributed by atoms with E-state index in [-0.39, 0.29) is 5.57 Å². The van der Waals surface area contributed by atoms with E-state index in [4.69, 9.17) is 9.47 Å². The molecule has 7 nitrogen and oxygen atoms in total. The Hall–Kier alpha value is -3.79. The SMILES string of the molecule is COC(=O)c1ccc2c(c1)NCCN2C(=O)C(C#N)=Cc1ccc(OC)cc1. The predicted molar refractivity (Wildman–Crippen MR) is 105 cm³/mol. The first-order valence-electron chi connectivity index (χ1n) is 8.61. The molecule has 1 aliphatic heterocycles. The van der Waals surface area contributed by atoms with Gasteiger partial charge >= 0.3 is 5.97 Å². The van der Waals surface area contributed by atoms with Gasteiger partial charge in [-0.3, -0.25) is 4.79 Å². The Morgan fingerprint density at radius 2 is 1.93 bits per heavy atom. The number of carbonyl (C=O) groups excluding carboxylic acids is 2. The van der Waals surface area contributed by atoms with E-state index >= 15 is 0 Å². The number of nitrogens with one attached hydrogen (secondary N) is 1. The molecule has 28 heavy (non-hydrogen) atoms. The molecule has 0 radical (unpaired) electrons. The van der Waals surface area contributed by atoms with Crippen LogP contribution in [0.4, 0.5) is 11.4 Å². The molecule has 1 amide bonds. The summed E-state index contributed by atoms with van der Waals surface area (Å²) in [4.78, 5) is 26.2. The zero-order chi connectivity index (χ0) is 20.1. The van der Waals surface area contributed by atoms with Gasteiger partial charge in [-0.25, -0.2) is 4.79 Å². The molecule has 0 saturated heterocycles. The number of benzene rings is 2. The van der Waals surface area contributed by atoms with E-state index in [1.807, 2.05) is 6.07 Å². The number of fused-ring (bicyclic) bond motifs is 1. The van der Waals surface area contributed by atoms with Crippen LogP contribution in [-0.4, -0.2) is 39.2 Å². The van der Waals surface area contributed by atoms with Crippen molar-refractivity contribution in [2.45, 2.75) is 0 Å². The summed E-state index contributed by atoms with van der Waals surface area (Å²) in [5.41, 5.74) is 2.39. The minimum Gasteiger partial charge on any atom is -0.497 e. The molecule has 0 saturated carbocycles. The fourth-order valence-corrected chi connectivity index (χ4v) is 2.95. The number of nitrogens with zero attached hydrogens (tertiary/aromatic N) is 2. The van der Waals surface area contributed by atoms with Gasteiger partial charge in [0.25, 0.3) is 5.91 Å². The van der Waals surface area contributed by atoms with Crippen molar-refractivity contribution in [1.82, 2.24) is 0 Å². The summed E-state index contributed by atoms with van der Waals surface area (Å²) in [5, 5.41) is 12.7. The van der Waals surface area contributed by atoms with Crippen LogP contribution < -0.4 is 15.0 Å². The van der Waals surface area contributed by atoms with Crippen molar-refractivity contribution >= 4 is 29.3 Å². The van der Waals surface area contributed by atoms with Crippen LogP contribution >= 0.6 is 0 Å². The fraction of sp³-hybridized carbons (Fsp3) is 0.190. The smallest absolute Gasteiger partial charge is 0.337 e. The number of hydrogen-bond donors (Lipinski definition) is 1. The van der Waals surface area contributed by atoms with E-state index in [1.165, 1.54) is 12.0 Å². The normalized spacial score (nSPS) is 13.0. The molecule has 142 valence electrons. The van der Waals surface area contributed by atoms with Gasteiger partial charge in [-0.15, -0.1) is 0 Å². The van der Waals surface area contributed by atoms with Crippen LogP contribution in [0.15, 0.2) is 48.0 Å². The molecule has 0 atom stereocenters. The molecular formula is C21H19N3O4. The Labute approximate surface area is 162 Å². The van der Waals surface area contributed by atoms with Crippen LogP contribution in [0.5, 0.6) is 5.75 Å². The standard InChI is InChI=1S/C21H19N3O4/c1-27-17-6-3-14(4-7-17)11-16(13-22)20(25)24-10-9-23-18-12-15(21(26)28-2)5-8-19(18)24/h3-8,11-12,23H,9-10H2,1-2H3. The van der Waals surface area contributed by atoms with Gasteiger partial charge in [-0.2, -0.15) is 5.26 Å². The maximum absolute atomic E-state index is 13.0. The molecule has 0 spiro atoms. The minimum atomic E-state index is -0.454. The van der Waals surface area contributed by atoms with Crippen LogP contribution in [0.25, 0.3) is 6.08 Å². The molecule has 0 bridgehead atoms. The topological polar surface area (TPSA) is 91.7 Å². The maximum Gasteiger partial charge on any atom is 0.337 e. The summed E-state index contributed by atoms with van der Waals surface area (Å²) in [6.45, 7) is 0.912. The zero-order valence-corrected chi connectivity index (χ0v) is 15.6. The number of carbonyl (C=O) groups is 2. The van der Waals surface area contributed by atoms with Crippen LogP contribution in [0, 0.1) is 11.3 Å². The summed E-state index contributed by atoms with van der Waals surface area (Å²) in [6.07, 6.45) is 1.55. The molecule has 0 aromatic heterocycles. The molecule has 1 N–H and O–H groups in total. The van der Waals surface area contributed by atoms with E-state index in [2.05, 4.69) is 5.32 Å². The van der Waals surface area contributed by atoms with Gasteiger partial charge in [0.05, 0.1) is 31.2 Å². The molecule has 3 rings (SSSR count). The number of ether oxygens (including phenoxy) is 2. The molecule has 7 heteroatoms. The third-order valence-corrected chi connectivity index (χ3v) is 4.38. The summed E-state index contributed by atoms with van der Waals surface area (Å²) < 4.78 is 9.85. The van der Waals surface area contributed by atoms with Crippen molar-refractivity contribution in [3.05, 3.63) is 59.2 Å². The summed E-state index contributed by atoms with van der Waals surface area (Å²) in [7, 11) is 2.89. The fourth-order valence-electron chi connectivity index (χ4n) is 2.95. The van der Waals surface area contributed by atoms with E-state index in [0.29, 0.717) is 35.8 Å². The van der Waals surface area contributed by atoms with Gasteiger partial charge in [0.15, 0.2) is 0 Å². The summed E-state index contributed by atoms with van der Waals surface area (Å²) in [5.74, 6) is -0.156. The average Bonchev–Trinajstić information content (AvgIpc) is 2.76. The molecule has 0 aliphatic carbocycles. The van der Waals surface area contributed by atoms with Crippen molar-refractivity contribution in [3.63, 3.8) is 0 Å². The highest BCUT2D eigenvalue weighted by atomic mass is 16.5. The van der Waals surface area contributed by atoms with Gasteiger partial charge in [0.1, 0.15) is 17.4 Å².